The third kappa shape index (κ3) is 3.37. The lowest BCUT2D eigenvalue weighted by atomic mass is 10.1. The van der Waals surface area contributed by atoms with Gasteiger partial charge in [-0.25, -0.2) is 0 Å². The van der Waals surface area contributed by atoms with E-state index < -0.39 is 5.79 Å². The van der Waals surface area contributed by atoms with E-state index in [1.165, 1.54) is 0 Å². The maximum atomic E-state index is 6.14. The van der Waals surface area contributed by atoms with Crippen LogP contribution in [0.4, 0.5) is 0 Å². The molecular formula is C18H23N3O3. The summed E-state index contributed by atoms with van der Waals surface area (Å²) >= 11 is 0. The molecule has 2 aliphatic rings. The van der Waals surface area contributed by atoms with Gasteiger partial charge in [-0.1, -0.05) is 30.3 Å². The summed E-state index contributed by atoms with van der Waals surface area (Å²) in [5.74, 6) is -0.407. The molecule has 0 bridgehead atoms. The van der Waals surface area contributed by atoms with E-state index in [2.05, 4.69) is 27.6 Å². The van der Waals surface area contributed by atoms with Crippen molar-refractivity contribution in [2.24, 2.45) is 0 Å². The van der Waals surface area contributed by atoms with E-state index in [0.29, 0.717) is 6.61 Å². The summed E-state index contributed by atoms with van der Waals surface area (Å²) in [4.78, 5) is 0. The molecule has 1 atom stereocenters. The molecule has 0 aliphatic carbocycles. The zero-order chi connectivity index (χ0) is 16.2. The SMILES string of the molecule is c1ccc(-c2[nH]ncc2CNC[C@H]2COC3(CCOCC3)O2)cc1. The first-order valence-corrected chi connectivity index (χ1v) is 8.53. The summed E-state index contributed by atoms with van der Waals surface area (Å²) in [6.45, 7) is 3.59. The normalized spacial score (nSPS) is 22.9. The number of hydrogen-bond acceptors (Lipinski definition) is 5. The van der Waals surface area contributed by atoms with Crippen LogP contribution in [-0.4, -0.2) is 48.5 Å². The number of hydrogen-bond donors (Lipinski definition) is 2. The Bertz CT molecular complexity index is 653. The van der Waals surface area contributed by atoms with Crippen LogP contribution in [0, 0.1) is 0 Å². The predicted molar refractivity (Wildman–Crippen MR) is 89.3 cm³/mol. The first-order chi connectivity index (χ1) is 11.8. The van der Waals surface area contributed by atoms with Gasteiger partial charge in [-0.2, -0.15) is 5.10 Å². The quantitative estimate of drug-likeness (QED) is 0.879. The van der Waals surface area contributed by atoms with E-state index in [0.717, 1.165) is 56.0 Å². The zero-order valence-corrected chi connectivity index (χ0v) is 13.7. The lowest BCUT2D eigenvalue weighted by Gasteiger charge is -2.31. The fourth-order valence-corrected chi connectivity index (χ4v) is 3.33. The molecule has 4 rings (SSSR count). The average Bonchev–Trinajstić information content (AvgIpc) is 3.24. The fourth-order valence-electron chi connectivity index (χ4n) is 3.33. The molecule has 2 aromatic rings. The number of ether oxygens (including phenoxy) is 3. The smallest absolute Gasteiger partial charge is 0.173 e. The lowest BCUT2D eigenvalue weighted by molar-refractivity contribution is -0.210. The predicted octanol–water partition coefficient (Wildman–Crippen LogP) is 2.09. The molecule has 1 spiro atoms. The Morgan fingerprint density at radius 3 is 2.88 bits per heavy atom. The number of rotatable bonds is 5. The largest absolute Gasteiger partial charge is 0.381 e. The molecule has 0 unspecified atom stereocenters. The van der Waals surface area contributed by atoms with Crippen molar-refractivity contribution in [2.45, 2.75) is 31.3 Å². The third-order valence-electron chi connectivity index (χ3n) is 4.64. The van der Waals surface area contributed by atoms with Gasteiger partial charge in [-0.05, 0) is 5.56 Å². The number of aromatic amines is 1. The van der Waals surface area contributed by atoms with Gasteiger partial charge in [0.15, 0.2) is 5.79 Å². The van der Waals surface area contributed by atoms with Gasteiger partial charge >= 0.3 is 0 Å². The second-order valence-corrected chi connectivity index (χ2v) is 6.34. The molecule has 6 nitrogen and oxygen atoms in total. The highest BCUT2D eigenvalue weighted by atomic mass is 16.7. The molecule has 2 N–H and O–H groups in total. The number of H-pyrrole nitrogens is 1. The van der Waals surface area contributed by atoms with Crippen LogP contribution >= 0.6 is 0 Å². The summed E-state index contributed by atoms with van der Waals surface area (Å²) < 4.78 is 17.4. The first kappa shape index (κ1) is 15.8. The van der Waals surface area contributed by atoms with E-state index in [1.54, 1.807) is 0 Å². The van der Waals surface area contributed by atoms with Crippen molar-refractivity contribution in [3.63, 3.8) is 0 Å². The van der Waals surface area contributed by atoms with Crippen molar-refractivity contribution < 1.29 is 14.2 Å². The summed E-state index contributed by atoms with van der Waals surface area (Å²) in [6.07, 6.45) is 3.61. The lowest BCUT2D eigenvalue weighted by Crippen LogP contribution is -2.39. The summed E-state index contributed by atoms with van der Waals surface area (Å²) in [6, 6.07) is 10.2. The molecule has 1 aromatic heterocycles. The highest BCUT2D eigenvalue weighted by Crippen LogP contribution is 2.33. The highest BCUT2D eigenvalue weighted by molar-refractivity contribution is 5.62. The molecule has 0 saturated carbocycles. The Kier molecular flexibility index (Phi) is 4.62. The van der Waals surface area contributed by atoms with Crippen molar-refractivity contribution in [1.82, 2.24) is 15.5 Å². The minimum absolute atomic E-state index is 0.0928. The van der Waals surface area contributed by atoms with Gasteiger partial charge in [-0.15, -0.1) is 0 Å². The van der Waals surface area contributed by atoms with E-state index in [-0.39, 0.29) is 6.10 Å². The van der Waals surface area contributed by atoms with Gasteiger partial charge in [0, 0.05) is 31.5 Å². The number of nitrogens with zero attached hydrogens (tertiary/aromatic N) is 1. The Morgan fingerprint density at radius 1 is 1.21 bits per heavy atom. The molecule has 6 heteroatoms. The molecule has 0 radical (unpaired) electrons. The van der Waals surface area contributed by atoms with Gasteiger partial charge < -0.3 is 19.5 Å². The number of benzene rings is 1. The van der Waals surface area contributed by atoms with E-state index >= 15 is 0 Å². The summed E-state index contributed by atoms with van der Waals surface area (Å²) in [5.41, 5.74) is 3.36. The molecule has 24 heavy (non-hydrogen) atoms. The van der Waals surface area contributed by atoms with Crippen molar-refractivity contribution in [3.05, 3.63) is 42.1 Å². The summed E-state index contributed by atoms with van der Waals surface area (Å²) in [7, 11) is 0. The van der Waals surface area contributed by atoms with E-state index in [4.69, 9.17) is 14.2 Å². The highest BCUT2D eigenvalue weighted by Gasteiger charge is 2.42. The van der Waals surface area contributed by atoms with Crippen LogP contribution < -0.4 is 5.32 Å². The molecule has 3 heterocycles. The molecular weight excluding hydrogens is 306 g/mol. The zero-order valence-electron chi connectivity index (χ0n) is 13.7. The van der Waals surface area contributed by atoms with Crippen LogP contribution in [-0.2, 0) is 20.8 Å². The van der Waals surface area contributed by atoms with Crippen molar-refractivity contribution in [3.8, 4) is 11.3 Å². The van der Waals surface area contributed by atoms with Crippen LogP contribution in [0.25, 0.3) is 11.3 Å². The van der Waals surface area contributed by atoms with E-state index in [9.17, 15) is 0 Å². The van der Waals surface area contributed by atoms with Gasteiger partial charge in [-0.3, -0.25) is 5.10 Å². The maximum absolute atomic E-state index is 6.14. The Morgan fingerprint density at radius 2 is 2.04 bits per heavy atom. The topological polar surface area (TPSA) is 68.4 Å². The first-order valence-electron chi connectivity index (χ1n) is 8.53. The Balaban J connectivity index is 1.30. The Labute approximate surface area is 141 Å². The fraction of sp³-hybridized carbons (Fsp3) is 0.500. The van der Waals surface area contributed by atoms with Crippen LogP contribution in [0.5, 0.6) is 0 Å². The molecule has 0 amide bonds. The van der Waals surface area contributed by atoms with Crippen LogP contribution in [0.15, 0.2) is 36.5 Å². The second-order valence-electron chi connectivity index (χ2n) is 6.34. The number of nitrogens with one attached hydrogen (secondary N) is 2. The van der Waals surface area contributed by atoms with Gasteiger partial charge in [0.2, 0.25) is 0 Å². The summed E-state index contributed by atoms with van der Waals surface area (Å²) in [5, 5.41) is 10.7. The van der Waals surface area contributed by atoms with Crippen LogP contribution in [0.2, 0.25) is 0 Å². The average molecular weight is 329 g/mol. The number of aromatic nitrogens is 2. The standard InChI is InChI=1S/C18H23N3O3/c1-2-4-14(5-3-1)17-15(11-20-21-17)10-19-12-16-13-23-18(24-16)6-8-22-9-7-18/h1-5,11,16,19H,6-10,12-13H2,(H,20,21)/t16-/m0/s1. The van der Waals surface area contributed by atoms with Gasteiger partial charge in [0.25, 0.3) is 0 Å². The van der Waals surface area contributed by atoms with E-state index in [1.807, 2.05) is 24.4 Å². The van der Waals surface area contributed by atoms with Crippen LogP contribution in [0.1, 0.15) is 18.4 Å². The monoisotopic (exact) mass is 329 g/mol. The van der Waals surface area contributed by atoms with Crippen molar-refractivity contribution >= 4 is 0 Å². The second kappa shape index (κ2) is 7.03. The molecule has 128 valence electrons. The van der Waals surface area contributed by atoms with Crippen molar-refractivity contribution in [2.75, 3.05) is 26.4 Å². The van der Waals surface area contributed by atoms with Crippen molar-refractivity contribution in [1.29, 1.82) is 0 Å². The molecule has 2 aliphatic heterocycles. The minimum Gasteiger partial charge on any atom is -0.381 e. The molecule has 2 fully saturated rings. The molecule has 2 saturated heterocycles. The maximum Gasteiger partial charge on any atom is 0.173 e. The Hall–Kier alpha value is -1.73. The third-order valence-corrected chi connectivity index (χ3v) is 4.64. The minimum atomic E-state index is -0.407. The van der Waals surface area contributed by atoms with Gasteiger partial charge in [0.05, 0.1) is 37.8 Å². The molecule has 1 aromatic carbocycles. The van der Waals surface area contributed by atoms with Crippen LogP contribution in [0.3, 0.4) is 0 Å². The van der Waals surface area contributed by atoms with Gasteiger partial charge in [0.1, 0.15) is 0 Å².